The average molecular weight is 389 g/mol. The fourth-order valence-corrected chi connectivity index (χ4v) is 3.67. The molecule has 1 aliphatic heterocycles. The van der Waals surface area contributed by atoms with Crippen molar-refractivity contribution >= 4 is 17.3 Å². The third-order valence-corrected chi connectivity index (χ3v) is 5.22. The summed E-state index contributed by atoms with van der Waals surface area (Å²) in [6, 6.07) is 16.0. The van der Waals surface area contributed by atoms with Gasteiger partial charge in [-0.3, -0.25) is 4.90 Å². The molecule has 1 saturated heterocycles. The van der Waals surface area contributed by atoms with E-state index in [0.29, 0.717) is 19.1 Å². The normalized spacial score (nSPS) is 16.6. The smallest absolute Gasteiger partial charge is 0.122 e. The molecule has 0 saturated carbocycles. The number of aliphatic hydroxyl groups is 1. The molecule has 2 aromatic carbocycles. The van der Waals surface area contributed by atoms with E-state index in [1.807, 2.05) is 36.4 Å². The lowest BCUT2D eigenvalue weighted by molar-refractivity contribution is 0.0659. The van der Waals surface area contributed by atoms with Gasteiger partial charge in [-0.15, -0.1) is 0 Å². The van der Waals surface area contributed by atoms with Gasteiger partial charge in [0.15, 0.2) is 0 Å². The number of hydrogen-bond acceptors (Lipinski definition) is 4. The summed E-state index contributed by atoms with van der Waals surface area (Å²) in [5.74, 6) is 1.27. The van der Waals surface area contributed by atoms with Crippen LogP contribution in [0.1, 0.15) is 25.3 Å². The Morgan fingerprint density at radius 2 is 1.78 bits per heavy atom. The predicted molar refractivity (Wildman–Crippen MR) is 112 cm³/mol. The molecule has 3 rings (SSSR count). The van der Waals surface area contributed by atoms with Gasteiger partial charge in [0, 0.05) is 43.4 Å². The number of piperazine rings is 1. The Hall–Kier alpha value is -1.75. The van der Waals surface area contributed by atoms with Gasteiger partial charge in [-0.1, -0.05) is 49.7 Å². The third kappa shape index (κ3) is 5.61. The maximum Gasteiger partial charge on any atom is 0.122 e. The Balaban J connectivity index is 1.45. The molecule has 1 aliphatic rings. The van der Waals surface area contributed by atoms with Gasteiger partial charge in [-0.25, -0.2) is 0 Å². The highest BCUT2D eigenvalue weighted by atomic mass is 35.5. The van der Waals surface area contributed by atoms with Crippen molar-refractivity contribution in [3.05, 3.63) is 59.1 Å². The van der Waals surface area contributed by atoms with E-state index in [-0.39, 0.29) is 0 Å². The maximum absolute atomic E-state index is 10.4. The third-order valence-electron chi connectivity index (χ3n) is 4.99. The monoisotopic (exact) mass is 388 g/mol. The number of rotatable bonds is 7. The first-order valence-electron chi connectivity index (χ1n) is 9.65. The Morgan fingerprint density at radius 1 is 1.04 bits per heavy atom. The van der Waals surface area contributed by atoms with E-state index in [1.165, 1.54) is 5.56 Å². The zero-order chi connectivity index (χ0) is 19.2. The number of anilines is 1. The summed E-state index contributed by atoms with van der Waals surface area (Å²) >= 11 is 6.09. The van der Waals surface area contributed by atoms with Crippen LogP contribution in [0.2, 0.25) is 5.02 Å². The number of para-hydroxylation sites is 1. The van der Waals surface area contributed by atoms with E-state index in [2.05, 4.69) is 35.8 Å². The molecule has 0 bridgehead atoms. The molecule has 27 heavy (non-hydrogen) atoms. The van der Waals surface area contributed by atoms with Crippen molar-refractivity contribution in [2.24, 2.45) is 0 Å². The largest absolute Gasteiger partial charge is 0.491 e. The molecule has 0 aromatic heterocycles. The fourth-order valence-electron chi connectivity index (χ4n) is 3.49. The van der Waals surface area contributed by atoms with Crippen LogP contribution in [-0.2, 0) is 0 Å². The van der Waals surface area contributed by atoms with Gasteiger partial charge in [0.2, 0.25) is 0 Å². The van der Waals surface area contributed by atoms with Crippen LogP contribution in [0.5, 0.6) is 5.75 Å². The molecule has 4 nitrogen and oxygen atoms in total. The topological polar surface area (TPSA) is 35.9 Å². The summed E-state index contributed by atoms with van der Waals surface area (Å²) in [7, 11) is 0. The highest BCUT2D eigenvalue weighted by Gasteiger charge is 2.20. The number of ether oxygens (including phenoxy) is 1. The zero-order valence-electron chi connectivity index (χ0n) is 16.1. The molecule has 0 spiro atoms. The van der Waals surface area contributed by atoms with Crippen molar-refractivity contribution < 1.29 is 9.84 Å². The second-order valence-corrected chi connectivity index (χ2v) is 7.86. The second kappa shape index (κ2) is 9.45. The summed E-state index contributed by atoms with van der Waals surface area (Å²) < 4.78 is 5.90. The molecule has 146 valence electrons. The molecule has 1 heterocycles. The van der Waals surface area contributed by atoms with Crippen molar-refractivity contribution in [1.29, 1.82) is 0 Å². The Morgan fingerprint density at radius 3 is 2.48 bits per heavy atom. The first-order chi connectivity index (χ1) is 13.0. The van der Waals surface area contributed by atoms with Crippen molar-refractivity contribution in [3.8, 4) is 5.75 Å². The Bertz CT molecular complexity index is 730. The highest BCUT2D eigenvalue weighted by molar-refractivity contribution is 6.30. The lowest BCUT2D eigenvalue weighted by atomic mass is 10.0. The Kier molecular flexibility index (Phi) is 7.00. The molecule has 1 atom stereocenters. The standard InChI is InChI=1S/C22H29ClN2O2/c1-17(2)21-8-3-4-9-22(21)27-16-20(26)15-24-10-12-25(13-11-24)19-7-5-6-18(23)14-19/h3-9,14,17,20,26H,10-13,15-16H2,1-2H3/t20-/m1/s1. The maximum atomic E-state index is 10.4. The number of hydrogen-bond donors (Lipinski definition) is 1. The quantitative estimate of drug-likeness (QED) is 0.777. The van der Waals surface area contributed by atoms with Gasteiger partial charge in [0.05, 0.1) is 0 Å². The summed E-state index contributed by atoms with van der Waals surface area (Å²) in [5.41, 5.74) is 2.34. The van der Waals surface area contributed by atoms with Crippen LogP contribution in [0, 0.1) is 0 Å². The molecule has 2 aromatic rings. The van der Waals surface area contributed by atoms with Crippen LogP contribution in [0.25, 0.3) is 0 Å². The van der Waals surface area contributed by atoms with Gasteiger partial charge in [0.25, 0.3) is 0 Å². The van der Waals surface area contributed by atoms with E-state index in [4.69, 9.17) is 16.3 Å². The van der Waals surface area contributed by atoms with Crippen LogP contribution in [0.4, 0.5) is 5.69 Å². The summed E-state index contributed by atoms with van der Waals surface area (Å²) in [6.07, 6.45) is -0.497. The molecule has 5 heteroatoms. The highest BCUT2D eigenvalue weighted by Crippen LogP contribution is 2.26. The molecule has 0 radical (unpaired) electrons. The number of benzene rings is 2. The average Bonchev–Trinajstić information content (AvgIpc) is 2.67. The van der Waals surface area contributed by atoms with Crippen molar-refractivity contribution in [1.82, 2.24) is 4.90 Å². The van der Waals surface area contributed by atoms with Crippen LogP contribution < -0.4 is 9.64 Å². The summed E-state index contributed by atoms with van der Waals surface area (Å²) in [6.45, 7) is 8.97. The molecule has 1 N–H and O–H groups in total. The number of β-amino-alcohol motifs (C(OH)–C–C–N with tert-alkyl or cyclic N) is 1. The van der Waals surface area contributed by atoms with Crippen molar-refractivity contribution in [2.75, 3.05) is 44.2 Å². The molecule has 0 amide bonds. The molecule has 0 aliphatic carbocycles. The van der Waals surface area contributed by atoms with E-state index in [9.17, 15) is 5.11 Å². The van der Waals surface area contributed by atoms with Crippen LogP contribution in [0.3, 0.4) is 0 Å². The summed E-state index contributed by atoms with van der Waals surface area (Å²) in [4.78, 5) is 4.63. The number of halogens is 1. The SMILES string of the molecule is CC(C)c1ccccc1OC[C@H](O)CN1CCN(c2cccc(Cl)c2)CC1. The van der Waals surface area contributed by atoms with E-state index >= 15 is 0 Å². The first kappa shape index (κ1) is 20.0. The number of nitrogens with zero attached hydrogens (tertiary/aromatic N) is 2. The van der Waals surface area contributed by atoms with Crippen LogP contribution in [0.15, 0.2) is 48.5 Å². The van der Waals surface area contributed by atoms with Gasteiger partial charge >= 0.3 is 0 Å². The molecular formula is C22H29ClN2O2. The lowest BCUT2D eigenvalue weighted by Gasteiger charge is -2.37. The predicted octanol–water partition coefficient (Wildman–Crippen LogP) is 4.03. The first-order valence-corrected chi connectivity index (χ1v) is 10.0. The van der Waals surface area contributed by atoms with Gasteiger partial charge in [-0.05, 0) is 35.7 Å². The van der Waals surface area contributed by atoms with Gasteiger partial charge in [0.1, 0.15) is 18.5 Å². The minimum atomic E-state index is -0.497. The number of aliphatic hydroxyl groups excluding tert-OH is 1. The fraction of sp³-hybridized carbons (Fsp3) is 0.455. The van der Waals surface area contributed by atoms with Crippen LogP contribution >= 0.6 is 11.6 Å². The molecular weight excluding hydrogens is 360 g/mol. The summed E-state index contributed by atoms with van der Waals surface area (Å²) in [5, 5.41) is 11.2. The molecule has 1 fully saturated rings. The minimum Gasteiger partial charge on any atom is -0.491 e. The lowest BCUT2D eigenvalue weighted by Crippen LogP contribution is -2.49. The van der Waals surface area contributed by atoms with E-state index in [0.717, 1.165) is 42.6 Å². The van der Waals surface area contributed by atoms with Crippen molar-refractivity contribution in [3.63, 3.8) is 0 Å². The van der Waals surface area contributed by atoms with E-state index in [1.54, 1.807) is 0 Å². The van der Waals surface area contributed by atoms with Crippen molar-refractivity contribution in [2.45, 2.75) is 25.9 Å². The molecule has 0 unspecified atom stereocenters. The second-order valence-electron chi connectivity index (χ2n) is 7.42. The Labute approximate surface area is 167 Å². The van der Waals surface area contributed by atoms with Gasteiger partial charge < -0.3 is 14.7 Å². The minimum absolute atomic E-state index is 0.318. The van der Waals surface area contributed by atoms with Gasteiger partial charge in [-0.2, -0.15) is 0 Å². The van der Waals surface area contributed by atoms with E-state index < -0.39 is 6.10 Å². The zero-order valence-corrected chi connectivity index (χ0v) is 16.9. The van der Waals surface area contributed by atoms with Crippen LogP contribution in [-0.4, -0.2) is 55.4 Å².